The van der Waals surface area contributed by atoms with Crippen LogP contribution in [0.4, 0.5) is 9.18 Å². The predicted octanol–water partition coefficient (Wildman–Crippen LogP) is 3.82. The maximum atomic E-state index is 14.0. The number of halogens is 1. The monoisotopic (exact) mass is 509 g/mol. The molecule has 1 aliphatic heterocycles. The van der Waals surface area contributed by atoms with Crippen molar-refractivity contribution in [1.29, 1.82) is 5.26 Å². The van der Waals surface area contributed by atoms with Crippen LogP contribution in [0.25, 0.3) is 11.3 Å². The lowest BCUT2D eigenvalue weighted by atomic mass is 10.0. The molecule has 0 spiro atoms. The summed E-state index contributed by atoms with van der Waals surface area (Å²) < 4.78 is 31.3. The molecule has 4 rings (SSSR count). The van der Waals surface area contributed by atoms with Gasteiger partial charge in [0.25, 0.3) is 5.56 Å². The Kier molecular flexibility index (Phi) is 7.86. The van der Waals surface area contributed by atoms with Gasteiger partial charge in [0.05, 0.1) is 43.6 Å². The molecule has 0 N–H and O–H groups in total. The quantitative estimate of drug-likeness (QED) is 0.420. The maximum absolute atomic E-state index is 14.0. The topological polar surface area (TPSA) is 123 Å². The molecule has 0 unspecified atom stereocenters. The molecule has 11 heteroatoms. The van der Waals surface area contributed by atoms with E-state index < -0.39 is 11.9 Å². The van der Waals surface area contributed by atoms with E-state index in [-0.39, 0.29) is 35.7 Å². The number of aryl methyl sites for hydroxylation is 1. The number of rotatable bonds is 8. The third-order valence-corrected chi connectivity index (χ3v) is 6.25. The number of benzene rings is 1. The summed E-state index contributed by atoms with van der Waals surface area (Å²) in [6.07, 6.45) is 2.25. The van der Waals surface area contributed by atoms with E-state index in [2.05, 4.69) is 5.16 Å². The first kappa shape index (κ1) is 25.9. The molecule has 1 aliphatic rings. The van der Waals surface area contributed by atoms with Crippen LogP contribution in [0.2, 0.25) is 0 Å². The predicted molar refractivity (Wildman–Crippen MR) is 131 cm³/mol. The molecule has 1 amide bonds. The second kappa shape index (κ2) is 11.2. The highest BCUT2D eigenvalue weighted by molar-refractivity contribution is 5.69. The van der Waals surface area contributed by atoms with Gasteiger partial charge in [-0.3, -0.25) is 9.36 Å². The highest BCUT2D eigenvalue weighted by Crippen LogP contribution is 2.31. The number of carbonyl (C=O) groups is 1. The number of hydrogen-bond acceptors (Lipinski definition) is 8. The van der Waals surface area contributed by atoms with Gasteiger partial charge in [0.15, 0.2) is 17.3 Å². The van der Waals surface area contributed by atoms with Crippen molar-refractivity contribution in [2.45, 2.75) is 52.6 Å². The zero-order chi connectivity index (χ0) is 26.5. The molecule has 0 fully saturated rings. The summed E-state index contributed by atoms with van der Waals surface area (Å²) in [4.78, 5) is 32.2. The lowest BCUT2D eigenvalue weighted by molar-refractivity contribution is 0.0960. The third-order valence-electron chi connectivity index (χ3n) is 6.25. The zero-order valence-electron chi connectivity index (χ0n) is 21.0. The van der Waals surface area contributed by atoms with E-state index in [0.29, 0.717) is 54.3 Å². The van der Waals surface area contributed by atoms with Crippen molar-refractivity contribution < 1.29 is 23.2 Å². The third kappa shape index (κ3) is 5.33. The summed E-state index contributed by atoms with van der Waals surface area (Å²) in [6, 6.07) is 5.98. The van der Waals surface area contributed by atoms with Crippen LogP contribution in [0.5, 0.6) is 5.75 Å². The molecule has 37 heavy (non-hydrogen) atoms. The molecule has 3 heterocycles. The van der Waals surface area contributed by atoms with E-state index in [9.17, 15) is 19.2 Å². The van der Waals surface area contributed by atoms with Crippen LogP contribution in [0, 0.1) is 17.1 Å². The molecule has 0 atom stereocenters. The van der Waals surface area contributed by atoms with Crippen LogP contribution in [0.3, 0.4) is 0 Å². The normalized spacial score (nSPS) is 12.7. The molecular formula is C26H28FN5O5. The fourth-order valence-electron chi connectivity index (χ4n) is 4.23. The van der Waals surface area contributed by atoms with Crippen LogP contribution in [-0.2, 0) is 30.7 Å². The van der Waals surface area contributed by atoms with Crippen molar-refractivity contribution >= 4 is 6.09 Å². The molecule has 3 aromatic rings. The number of ether oxygens (including phenoxy) is 2. The Hall–Kier alpha value is -4.20. The van der Waals surface area contributed by atoms with Crippen LogP contribution in [0.15, 0.2) is 27.5 Å². The van der Waals surface area contributed by atoms with Gasteiger partial charge < -0.3 is 18.9 Å². The largest absolute Gasteiger partial charge is 0.494 e. The van der Waals surface area contributed by atoms with E-state index in [4.69, 9.17) is 19.0 Å². The minimum Gasteiger partial charge on any atom is -0.494 e. The summed E-state index contributed by atoms with van der Waals surface area (Å²) in [5, 5.41) is 13.5. The Balaban J connectivity index is 1.62. The second-order valence-corrected chi connectivity index (χ2v) is 8.66. The number of methoxy groups -OCH3 is 1. The number of nitriles is 1. The molecule has 10 nitrogen and oxygen atoms in total. The van der Waals surface area contributed by atoms with Crippen LogP contribution >= 0.6 is 0 Å². The fourth-order valence-corrected chi connectivity index (χ4v) is 4.23. The standard InChI is InChI=1S/C26H28FN5O5/c1-4-6-9-36-26(34)31-8-7-21-19(15-31)25(33)32(24(5-2)29-21)14-17-11-22(37-30-17)18-12-23(35-3)20(27)10-16(18)13-28/h10-12H,4-9,14-15H2,1-3H3. The summed E-state index contributed by atoms with van der Waals surface area (Å²) >= 11 is 0. The van der Waals surface area contributed by atoms with Gasteiger partial charge in [-0.2, -0.15) is 5.26 Å². The molecular weight excluding hydrogens is 481 g/mol. The Bertz CT molecular complexity index is 1410. The Morgan fingerprint density at radius 1 is 1.30 bits per heavy atom. The first-order chi connectivity index (χ1) is 17.9. The molecule has 0 bridgehead atoms. The number of hydrogen-bond donors (Lipinski definition) is 0. The van der Waals surface area contributed by atoms with Crippen molar-refractivity contribution in [2.24, 2.45) is 0 Å². The lowest BCUT2D eigenvalue weighted by Crippen LogP contribution is -2.42. The van der Waals surface area contributed by atoms with Gasteiger partial charge in [0.2, 0.25) is 0 Å². The zero-order valence-corrected chi connectivity index (χ0v) is 21.0. The van der Waals surface area contributed by atoms with Crippen molar-refractivity contribution in [1.82, 2.24) is 19.6 Å². The lowest BCUT2D eigenvalue weighted by Gasteiger charge is -2.28. The summed E-state index contributed by atoms with van der Waals surface area (Å²) in [7, 11) is 1.33. The molecule has 0 saturated carbocycles. The minimum atomic E-state index is -0.662. The SMILES string of the molecule is CCCCOC(=O)N1CCc2nc(CC)n(Cc3cc(-c4cc(OC)c(F)cc4C#N)on3)c(=O)c2C1. The van der Waals surface area contributed by atoms with Crippen molar-refractivity contribution in [3.05, 3.63) is 62.7 Å². The van der Waals surface area contributed by atoms with Gasteiger partial charge in [0, 0.05) is 31.0 Å². The van der Waals surface area contributed by atoms with Crippen LogP contribution in [0.1, 0.15) is 55.0 Å². The van der Waals surface area contributed by atoms with E-state index in [1.807, 2.05) is 19.9 Å². The second-order valence-electron chi connectivity index (χ2n) is 8.66. The van der Waals surface area contributed by atoms with Gasteiger partial charge in [-0.1, -0.05) is 25.4 Å². The number of fused-ring (bicyclic) bond motifs is 1. The maximum Gasteiger partial charge on any atom is 0.410 e. The Labute approximate surface area is 213 Å². The number of amides is 1. The van der Waals surface area contributed by atoms with E-state index in [0.717, 1.165) is 18.9 Å². The number of nitrogens with zero attached hydrogens (tertiary/aromatic N) is 5. The highest BCUT2D eigenvalue weighted by atomic mass is 19.1. The summed E-state index contributed by atoms with van der Waals surface area (Å²) in [5.74, 6) is 0.134. The number of unbranched alkanes of at least 4 members (excludes halogenated alkanes) is 1. The highest BCUT2D eigenvalue weighted by Gasteiger charge is 2.27. The van der Waals surface area contributed by atoms with E-state index >= 15 is 0 Å². The molecule has 0 saturated heterocycles. The molecule has 1 aromatic carbocycles. The van der Waals surface area contributed by atoms with E-state index in [1.165, 1.54) is 22.6 Å². The number of aromatic nitrogens is 3. The van der Waals surface area contributed by atoms with Crippen molar-refractivity contribution in [2.75, 3.05) is 20.3 Å². The van der Waals surface area contributed by atoms with E-state index in [1.54, 1.807) is 6.07 Å². The van der Waals surface area contributed by atoms with Gasteiger partial charge in [-0.25, -0.2) is 14.2 Å². The molecule has 194 valence electrons. The average Bonchev–Trinajstić information content (AvgIpc) is 3.38. The van der Waals surface area contributed by atoms with Crippen molar-refractivity contribution in [3.63, 3.8) is 0 Å². The van der Waals surface area contributed by atoms with Gasteiger partial charge in [-0.05, 0) is 18.6 Å². The smallest absolute Gasteiger partial charge is 0.410 e. The minimum absolute atomic E-state index is 0.0342. The Morgan fingerprint density at radius 2 is 2.11 bits per heavy atom. The summed E-state index contributed by atoms with van der Waals surface area (Å²) in [6.45, 7) is 4.91. The van der Waals surface area contributed by atoms with Crippen molar-refractivity contribution in [3.8, 4) is 23.1 Å². The van der Waals surface area contributed by atoms with Crippen LogP contribution < -0.4 is 10.3 Å². The van der Waals surface area contributed by atoms with Gasteiger partial charge >= 0.3 is 6.09 Å². The van der Waals surface area contributed by atoms with Gasteiger partial charge in [-0.15, -0.1) is 0 Å². The van der Waals surface area contributed by atoms with Crippen LogP contribution in [-0.4, -0.2) is 46.0 Å². The summed E-state index contributed by atoms with van der Waals surface area (Å²) in [5.41, 5.74) is 1.70. The first-order valence-electron chi connectivity index (χ1n) is 12.2. The fraction of sp³-hybridized carbons (Fsp3) is 0.423. The first-order valence-corrected chi connectivity index (χ1v) is 12.2. The molecule has 2 aromatic heterocycles. The van der Waals surface area contributed by atoms with Gasteiger partial charge in [0.1, 0.15) is 17.6 Å². The Morgan fingerprint density at radius 3 is 2.81 bits per heavy atom. The average molecular weight is 510 g/mol. The molecule has 0 radical (unpaired) electrons. The molecule has 0 aliphatic carbocycles. The number of carbonyl (C=O) groups excluding carboxylic acids is 1.